The molecule has 1 aliphatic carbocycles. The third kappa shape index (κ3) is 6.25. The topological polar surface area (TPSA) is 70.4 Å². The van der Waals surface area contributed by atoms with Crippen molar-refractivity contribution in [2.75, 3.05) is 25.2 Å². The van der Waals surface area contributed by atoms with Crippen LogP contribution in [0.3, 0.4) is 0 Å². The average molecular weight is 658 g/mol. The number of halogens is 1. The molecule has 2 N–H and O–H groups in total. The Morgan fingerprint density at radius 3 is 2.71 bits per heavy atom. The average Bonchev–Trinajstić information content (AvgIpc) is 3.47. The Morgan fingerprint density at radius 2 is 1.91 bits per heavy atom. The van der Waals surface area contributed by atoms with E-state index in [-0.39, 0.29) is 0 Å². The van der Waals surface area contributed by atoms with Gasteiger partial charge in [0.05, 0.1) is 18.0 Å². The van der Waals surface area contributed by atoms with Crippen LogP contribution in [0.5, 0.6) is 5.75 Å². The van der Waals surface area contributed by atoms with Crippen LogP contribution >= 0.6 is 35.1 Å². The van der Waals surface area contributed by atoms with Crippen molar-refractivity contribution >= 4 is 63.3 Å². The molecule has 6 bridgehead atoms. The van der Waals surface area contributed by atoms with Gasteiger partial charge in [0.25, 0.3) is 0 Å². The maximum atomic E-state index is 7.13. The van der Waals surface area contributed by atoms with Gasteiger partial charge in [-0.05, 0) is 73.4 Å². The van der Waals surface area contributed by atoms with E-state index < -0.39 is 0 Å². The van der Waals surface area contributed by atoms with Crippen LogP contribution < -0.4 is 10.5 Å². The molecule has 6 rings (SSSR count). The highest BCUT2D eigenvalue weighted by atomic mass is 35.5. The number of rotatable bonds is 1. The van der Waals surface area contributed by atoms with Gasteiger partial charge >= 0.3 is 0 Å². The molecule has 6 nitrogen and oxygen atoms in total. The molecule has 45 heavy (non-hydrogen) atoms. The summed E-state index contributed by atoms with van der Waals surface area (Å²) in [6.07, 6.45) is 7.51. The molecule has 2 aromatic carbocycles. The Labute approximate surface area is 279 Å². The molecule has 9 heteroatoms. The summed E-state index contributed by atoms with van der Waals surface area (Å²) < 4.78 is 10.8. The zero-order chi connectivity index (χ0) is 31.7. The second-order valence-corrected chi connectivity index (χ2v) is 14.1. The zero-order valence-corrected chi connectivity index (χ0v) is 28.8. The molecule has 4 aromatic rings. The lowest BCUT2D eigenvalue weighted by Gasteiger charge is -2.21. The SMILES string of the molecule is C=Cc1c2c3c(n1C)C(=C(Cl)CC3)c1c(nn(C)c1C)CSCC(N)=CC(=NC)CSc1cc(c3ccccc3c1)OCCC2. The Balaban J connectivity index is 1.43. The summed E-state index contributed by atoms with van der Waals surface area (Å²) in [5.41, 5.74) is 17.7. The van der Waals surface area contributed by atoms with E-state index in [1.165, 1.54) is 22.2 Å². The van der Waals surface area contributed by atoms with Crippen molar-refractivity contribution in [2.24, 2.45) is 24.8 Å². The lowest BCUT2D eigenvalue weighted by atomic mass is 9.88. The highest BCUT2D eigenvalue weighted by Crippen LogP contribution is 2.44. The lowest BCUT2D eigenvalue weighted by Crippen LogP contribution is -2.10. The minimum absolute atomic E-state index is 0.617. The number of ether oxygens (including phenoxy) is 1. The standard InChI is InChI=1S/C36H40ClN5OS2/c1-6-32-28-12-9-15-43-33-18-26(16-23-10-7-8-11-27(23)33)45-20-25(39-3)17-24(38)19-44-21-31-34(22(2)42(5)40-31)35-30(37)14-13-29(28)36(35)41(32)4/h6-8,10-11,16-18H,1,9,12-15,19-21,38H2,2-5H3. The van der Waals surface area contributed by atoms with Gasteiger partial charge in [-0.15, -0.1) is 23.5 Å². The second-order valence-electron chi connectivity index (χ2n) is 11.6. The van der Waals surface area contributed by atoms with Gasteiger partial charge in [0.15, 0.2) is 0 Å². The van der Waals surface area contributed by atoms with Crippen molar-refractivity contribution in [3.63, 3.8) is 0 Å². The first kappa shape index (κ1) is 31.6. The van der Waals surface area contributed by atoms with Crippen molar-refractivity contribution in [3.05, 3.63) is 99.2 Å². The molecule has 0 amide bonds. The number of nitrogens with zero attached hydrogens (tertiary/aromatic N) is 4. The predicted molar refractivity (Wildman–Crippen MR) is 194 cm³/mol. The third-order valence-electron chi connectivity index (χ3n) is 8.77. The Kier molecular flexibility index (Phi) is 9.54. The highest BCUT2D eigenvalue weighted by molar-refractivity contribution is 8.00. The molecule has 0 spiro atoms. The summed E-state index contributed by atoms with van der Waals surface area (Å²) in [7, 11) is 5.97. The molecule has 2 aromatic heterocycles. The molecule has 0 saturated carbocycles. The van der Waals surface area contributed by atoms with Crippen molar-refractivity contribution in [1.82, 2.24) is 14.3 Å². The quantitative estimate of drug-likeness (QED) is 0.224. The molecule has 2 aliphatic rings. The first-order valence-corrected chi connectivity index (χ1v) is 17.8. The van der Waals surface area contributed by atoms with E-state index >= 15 is 0 Å². The van der Waals surface area contributed by atoms with E-state index in [0.717, 1.165) is 97.9 Å². The molecule has 0 saturated heterocycles. The number of nitrogens with two attached hydrogens (primary N) is 1. The Bertz CT molecular complexity index is 1880. The predicted octanol–water partition coefficient (Wildman–Crippen LogP) is 8.07. The molecule has 1 aliphatic heterocycles. The number of allylic oxidation sites excluding steroid dienone is 2. The summed E-state index contributed by atoms with van der Waals surface area (Å²) in [5, 5.41) is 8.15. The molecule has 0 fully saturated rings. The molecular formula is C36H40ClN5OS2. The Morgan fingerprint density at radius 1 is 1.09 bits per heavy atom. The van der Waals surface area contributed by atoms with E-state index in [9.17, 15) is 0 Å². The maximum absolute atomic E-state index is 7.13. The van der Waals surface area contributed by atoms with Gasteiger partial charge in [-0.2, -0.15) is 5.10 Å². The number of fused-ring (bicyclic) bond motifs is 6. The monoisotopic (exact) mass is 657 g/mol. The second kappa shape index (κ2) is 13.6. The number of aryl methyl sites for hydroxylation is 1. The van der Waals surface area contributed by atoms with Crippen LogP contribution in [0.15, 0.2) is 69.7 Å². The van der Waals surface area contributed by atoms with Crippen LogP contribution in [-0.2, 0) is 32.7 Å². The van der Waals surface area contributed by atoms with E-state index in [0.29, 0.717) is 12.4 Å². The summed E-state index contributed by atoms with van der Waals surface area (Å²) >= 11 is 10.6. The largest absolute Gasteiger partial charge is 0.493 e. The first-order chi connectivity index (χ1) is 21.8. The van der Waals surface area contributed by atoms with Crippen molar-refractivity contribution in [2.45, 2.75) is 43.3 Å². The fourth-order valence-electron chi connectivity index (χ4n) is 6.53. The van der Waals surface area contributed by atoms with Crippen LogP contribution in [0.1, 0.15) is 52.3 Å². The van der Waals surface area contributed by atoms with E-state index in [4.69, 9.17) is 27.2 Å². The molecule has 234 valence electrons. The first-order valence-electron chi connectivity index (χ1n) is 15.3. The molecular weight excluding hydrogens is 618 g/mol. The van der Waals surface area contributed by atoms with Crippen LogP contribution in [0.2, 0.25) is 0 Å². The van der Waals surface area contributed by atoms with Crippen LogP contribution in [0.4, 0.5) is 0 Å². The smallest absolute Gasteiger partial charge is 0.128 e. The number of hydrogen-bond donors (Lipinski definition) is 1. The third-order valence-corrected chi connectivity index (χ3v) is 11.2. The fourth-order valence-corrected chi connectivity index (χ4v) is 8.55. The molecule has 0 unspecified atom stereocenters. The summed E-state index contributed by atoms with van der Waals surface area (Å²) in [6.45, 7) is 6.96. The van der Waals surface area contributed by atoms with Crippen molar-refractivity contribution in [3.8, 4) is 5.75 Å². The molecule has 0 radical (unpaired) electrons. The number of thioether (sulfide) groups is 2. The number of hydrogen-bond acceptors (Lipinski definition) is 6. The number of aliphatic imine (C=N–C) groups is 1. The van der Waals surface area contributed by atoms with Crippen molar-refractivity contribution < 1.29 is 4.74 Å². The summed E-state index contributed by atoms with van der Waals surface area (Å²) in [4.78, 5) is 5.69. The van der Waals surface area contributed by atoms with Gasteiger partial charge in [0, 0.05) is 87.6 Å². The van der Waals surface area contributed by atoms with Gasteiger partial charge in [-0.25, -0.2) is 0 Å². The normalized spacial score (nSPS) is 17.4. The van der Waals surface area contributed by atoms with Crippen molar-refractivity contribution in [1.29, 1.82) is 0 Å². The van der Waals surface area contributed by atoms with Gasteiger partial charge in [0.2, 0.25) is 0 Å². The minimum Gasteiger partial charge on any atom is -0.493 e. The summed E-state index contributed by atoms with van der Waals surface area (Å²) in [5.74, 6) is 3.04. The number of aromatic nitrogens is 3. The van der Waals surface area contributed by atoms with Gasteiger partial charge in [0.1, 0.15) is 5.75 Å². The zero-order valence-electron chi connectivity index (χ0n) is 26.5. The summed E-state index contributed by atoms with van der Waals surface area (Å²) in [6, 6.07) is 12.8. The Hall–Kier alpha value is -3.33. The molecule has 0 atom stereocenters. The molecule has 3 heterocycles. The van der Waals surface area contributed by atoms with Crippen LogP contribution in [0.25, 0.3) is 22.4 Å². The van der Waals surface area contributed by atoms with E-state index in [1.54, 1.807) is 23.5 Å². The van der Waals surface area contributed by atoms with E-state index in [2.05, 4.69) is 66.5 Å². The highest BCUT2D eigenvalue weighted by Gasteiger charge is 2.31. The fraction of sp³-hybridized carbons (Fsp3) is 0.333. The van der Waals surface area contributed by atoms with Gasteiger partial charge in [-0.1, -0.05) is 42.4 Å². The number of benzene rings is 2. The lowest BCUT2D eigenvalue weighted by molar-refractivity contribution is 0.314. The maximum Gasteiger partial charge on any atom is 0.128 e. The van der Waals surface area contributed by atoms with Crippen LogP contribution in [-0.4, -0.2) is 45.2 Å². The van der Waals surface area contributed by atoms with Gasteiger partial charge in [-0.3, -0.25) is 9.67 Å². The minimum atomic E-state index is 0.617. The van der Waals surface area contributed by atoms with E-state index in [1.807, 2.05) is 30.9 Å². The van der Waals surface area contributed by atoms with Crippen LogP contribution in [0, 0.1) is 6.92 Å². The van der Waals surface area contributed by atoms with Gasteiger partial charge < -0.3 is 15.0 Å².